The summed E-state index contributed by atoms with van der Waals surface area (Å²) in [6.45, 7) is 4.16. The van der Waals surface area contributed by atoms with Gasteiger partial charge in [-0.05, 0) is 24.5 Å². The number of nitrogens with two attached hydrogens (primary N) is 1. The van der Waals surface area contributed by atoms with Gasteiger partial charge in [0.15, 0.2) is 0 Å². The molecule has 0 radical (unpaired) electrons. The van der Waals surface area contributed by atoms with E-state index in [0.717, 1.165) is 18.5 Å². The molecule has 3 heteroatoms. The van der Waals surface area contributed by atoms with Crippen molar-refractivity contribution in [3.63, 3.8) is 0 Å². The molecule has 0 aliphatic rings. The highest BCUT2D eigenvalue weighted by Crippen LogP contribution is 2.16. The van der Waals surface area contributed by atoms with Crippen LogP contribution in [0.15, 0.2) is 30.3 Å². The molecule has 0 aliphatic heterocycles. The number of nitrogens with one attached hydrogen (secondary N) is 1. The molecule has 0 saturated carbocycles. The molecule has 2 unspecified atom stereocenters. The highest BCUT2D eigenvalue weighted by atomic mass is 16.1. The number of hydrogen-bond acceptors (Lipinski definition) is 2. The summed E-state index contributed by atoms with van der Waals surface area (Å²) >= 11 is 0. The van der Waals surface area contributed by atoms with Gasteiger partial charge in [0.2, 0.25) is 5.91 Å². The number of para-hydroxylation sites is 1. The van der Waals surface area contributed by atoms with Gasteiger partial charge in [-0.3, -0.25) is 4.79 Å². The Bertz CT molecular complexity index is 324. The van der Waals surface area contributed by atoms with Gasteiger partial charge in [-0.2, -0.15) is 0 Å². The number of primary amides is 1. The van der Waals surface area contributed by atoms with Crippen molar-refractivity contribution >= 4 is 11.6 Å². The van der Waals surface area contributed by atoms with Gasteiger partial charge in [0, 0.05) is 5.69 Å². The van der Waals surface area contributed by atoms with E-state index < -0.39 is 0 Å². The number of benzene rings is 1. The molecule has 0 heterocycles. The summed E-state index contributed by atoms with van der Waals surface area (Å²) in [7, 11) is 0. The third-order valence-corrected chi connectivity index (χ3v) is 2.72. The van der Waals surface area contributed by atoms with Crippen molar-refractivity contribution < 1.29 is 4.79 Å². The molecule has 3 nitrogen and oxygen atoms in total. The van der Waals surface area contributed by atoms with Gasteiger partial charge in [-0.15, -0.1) is 0 Å². The standard InChI is InChI=1S/C13H20N2O/c1-3-7-10(2)12(13(14)16)15-11-8-5-4-6-9-11/h4-6,8-10,12,15H,3,7H2,1-2H3,(H2,14,16). The molecule has 0 spiro atoms. The van der Waals surface area contributed by atoms with Crippen LogP contribution in [-0.4, -0.2) is 11.9 Å². The summed E-state index contributed by atoms with van der Waals surface area (Å²) in [5.74, 6) is -0.0347. The Kier molecular flexibility index (Phi) is 4.83. The average molecular weight is 220 g/mol. The van der Waals surface area contributed by atoms with Crippen LogP contribution in [-0.2, 0) is 4.79 Å². The highest BCUT2D eigenvalue weighted by Gasteiger charge is 2.21. The molecule has 0 fully saturated rings. The fourth-order valence-corrected chi connectivity index (χ4v) is 1.83. The van der Waals surface area contributed by atoms with Crippen LogP contribution in [0.2, 0.25) is 0 Å². The molecule has 1 aromatic rings. The molecule has 0 saturated heterocycles. The lowest BCUT2D eigenvalue weighted by Crippen LogP contribution is -2.40. The molecular weight excluding hydrogens is 200 g/mol. The minimum Gasteiger partial charge on any atom is -0.373 e. The molecule has 1 rings (SSSR count). The normalized spacial score (nSPS) is 14.1. The Hall–Kier alpha value is -1.51. The monoisotopic (exact) mass is 220 g/mol. The van der Waals surface area contributed by atoms with Crippen LogP contribution in [0, 0.1) is 5.92 Å². The fraction of sp³-hybridized carbons (Fsp3) is 0.462. The Labute approximate surface area is 97.0 Å². The summed E-state index contributed by atoms with van der Waals surface area (Å²) in [5, 5.41) is 3.19. The second kappa shape index (κ2) is 6.16. The van der Waals surface area contributed by atoms with Crippen LogP contribution in [0.25, 0.3) is 0 Å². The number of carbonyl (C=O) groups is 1. The number of anilines is 1. The highest BCUT2D eigenvalue weighted by molar-refractivity contribution is 5.83. The van der Waals surface area contributed by atoms with Gasteiger partial charge < -0.3 is 11.1 Å². The Morgan fingerprint density at radius 1 is 1.38 bits per heavy atom. The Morgan fingerprint density at radius 3 is 2.50 bits per heavy atom. The maximum absolute atomic E-state index is 11.4. The molecular formula is C13H20N2O. The minimum absolute atomic E-state index is 0.253. The van der Waals surface area contributed by atoms with E-state index in [1.54, 1.807) is 0 Å². The van der Waals surface area contributed by atoms with E-state index in [1.807, 2.05) is 30.3 Å². The molecule has 0 bridgehead atoms. The molecule has 1 aromatic carbocycles. The first-order valence-electron chi connectivity index (χ1n) is 5.76. The molecule has 2 atom stereocenters. The van der Waals surface area contributed by atoms with E-state index in [-0.39, 0.29) is 17.9 Å². The predicted molar refractivity (Wildman–Crippen MR) is 67.1 cm³/mol. The molecule has 3 N–H and O–H groups in total. The number of rotatable bonds is 6. The number of carbonyl (C=O) groups excluding carboxylic acids is 1. The van der Waals surface area contributed by atoms with Gasteiger partial charge in [0.05, 0.1) is 0 Å². The molecule has 0 aliphatic carbocycles. The van der Waals surface area contributed by atoms with E-state index in [1.165, 1.54) is 0 Å². The van der Waals surface area contributed by atoms with Crippen molar-refractivity contribution in [1.82, 2.24) is 0 Å². The van der Waals surface area contributed by atoms with Crippen molar-refractivity contribution in [2.45, 2.75) is 32.7 Å². The molecule has 88 valence electrons. The maximum Gasteiger partial charge on any atom is 0.240 e. The molecule has 0 aromatic heterocycles. The average Bonchev–Trinajstić information content (AvgIpc) is 2.27. The number of hydrogen-bond donors (Lipinski definition) is 2. The lowest BCUT2D eigenvalue weighted by atomic mass is 9.96. The second-order valence-corrected chi connectivity index (χ2v) is 4.16. The number of amides is 1. The zero-order valence-electron chi connectivity index (χ0n) is 9.94. The smallest absolute Gasteiger partial charge is 0.240 e. The van der Waals surface area contributed by atoms with Crippen LogP contribution >= 0.6 is 0 Å². The van der Waals surface area contributed by atoms with Crippen LogP contribution in [0.3, 0.4) is 0 Å². The Morgan fingerprint density at radius 2 is 2.00 bits per heavy atom. The van der Waals surface area contributed by atoms with Crippen molar-refractivity contribution in [3.05, 3.63) is 30.3 Å². The fourth-order valence-electron chi connectivity index (χ4n) is 1.83. The predicted octanol–water partition coefficient (Wildman–Crippen LogP) is 2.39. The Balaban J connectivity index is 2.69. The summed E-state index contributed by atoms with van der Waals surface area (Å²) in [6, 6.07) is 9.40. The van der Waals surface area contributed by atoms with Gasteiger partial charge in [-0.25, -0.2) is 0 Å². The van der Waals surface area contributed by atoms with Crippen LogP contribution in [0.4, 0.5) is 5.69 Å². The maximum atomic E-state index is 11.4. The SMILES string of the molecule is CCCC(C)C(Nc1ccccc1)C(N)=O. The van der Waals surface area contributed by atoms with Gasteiger partial charge >= 0.3 is 0 Å². The van der Waals surface area contributed by atoms with Crippen molar-refractivity contribution in [3.8, 4) is 0 Å². The lowest BCUT2D eigenvalue weighted by molar-refractivity contribution is -0.119. The molecule has 1 amide bonds. The quantitative estimate of drug-likeness (QED) is 0.773. The molecule has 16 heavy (non-hydrogen) atoms. The van der Waals surface area contributed by atoms with Crippen molar-refractivity contribution in [1.29, 1.82) is 0 Å². The van der Waals surface area contributed by atoms with Crippen molar-refractivity contribution in [2.24, 2.45) is 11.7 Å². The summed E-state index contributed by atoms with van der Waals surface area (Å²) in [5.41, 5.74) is 6.35. The largest absolute Gasteiger partial charge is 0.373 e. The van der Waals surface area contributed by atoms with Gasteiger partial charge in [0.1, 0.15) is 6.04 Å². The second-order valence-electron chi connectivity index (χ2n) is 4.16. The summed E-state index contributed by atoms with van der Waals surface area (Å²) in [6.07, 6.45) is 2.05. The van der Waals surface area contributed by atoms with Gasteiger partial charge in [-0.1, -0.05) is 38.5 Å². The first-order chi connectivity index (χ1) is 7.65. The first kappa shape index (κ1) is 12.6. The van der Waals surface area contributed by atoms with Crippen molar-refractivity contribution in [2.75, 3.05) is 5.32 Å². The topological polar surface area (TPSA) is 55.1 Å². The summed E-state index contributed by atoms with van der Waals surface area (Å²) < 4.78 is 0. The first-order valence-corrected chi connectivity index (χ1v) is 5.76. The lowest BCUT2D eigenvalue weighted by Gasteiger charge is -2.22. The summed E-state index contributed by atoms with van der Waals surface area (Å²) in [4.78, 5) is 11.4. The van der Waals surface area contributed by atoms with E-state index in [0.29, 0.717) is 0 Å². The van der Waals surface area contributed by atoms with E-state index >= 15 is 0 Å². The minimum atomic E-state index is -0.289. The van der Waals surface area contributed by atoms with E-state index in [2.05, 4.69) is 19.2 Å². The van der Waals surface area contributed by atoms with E-state index in [4.69, 9.17) is 5.73 Å². The van der Waals surface area contributed by atoms with E-state index in [9.17, 15) is 4.79 Å². The van der Waals surface area contributed by atoms with Crippen LogP contribution in [0.5, 0.6) is 0 Å². The van der Waals surface area contributed by atoms with Gasteiger partial charge in [0.25, 0.3) is 0 Å². The zero-order valence-corrected chi connectivity index (χ0v) is 9.94. The third kappa shape index (κ3) is 3.57. The third-order valence-electron chi connectivity index (χ3n) is 2.72. The zero-order chi connectivity index (χ0) is 12.0. The van der Waals surface area contributed by atoms with Crippen LogP contribution < -0.4 is 11.1 Å². The van der Waals surface area contributed by atoms with Crippen LogP contribution in [0.1, 0.15) is 26.7 Å².